The van der Waals surface area contributed by atoms with E-state index in [0.717, 1.165) is 0 Å². The van der Waals surface area contributed by atoms with Crippen molar-refractivity contribution in [2.75, 3.05) is 20.1 Å². The van der Waals surface area contributed by atoms with Gasteiger partial charge in [0.25, 0.3) is 0 Å². The number of sulfonamides is 1. The highest BCUT2D eigenvalue weighted by Crippen LogP contribution is 2.21. The van der Waals surface area contributed by atoms with Crippen LogP contribution in [0, 0.1) is 5.41 Å². The van der Waals surface area contributed by atoms with E-state index in [4.69, 9.17) is 17.3 Å². The van der Waals surface area contributed by atoms with Crippen LogP contribution in [0.15, 0.2) is 23.4 Å². The smallest absolute Gasteiger partial charge is 0.244 e. The summed E-state index contributed by atoms with van der Waals surface area (Å²) in [5.41, 5.74) is 5.32. The van der Waals surface area contributed by atoms with Crippen molar-refractivity contribution in [3.8, 4) is 0 Å². The van der Waals surface area contributed by atoms with E-state index in [1.54, 1.807) is 0 Å². The number of pyridine rings is 1. The monoisotopic (exact) mass is 291 g/mol. The third-order valence-corrected chi connectivity index (χ3v) is 4.57. The van der Waals surface area contributed by atoms with Gasteiger partial charge >= 0.3 is 0 Å². The summed E-state index contributed by atoms with van der Waals surface area (Å²) in [6.07, 6.45) is 2.68. The minimum absolute atomic E-state index is 0.0883. The van der Waals surface area contributed by atoms with Gasteiger partial charge in [0.1, 0.15) is 4.90 Å². The van der Waals surface area contributed by atoms with Crippen LogP contribution in [0.3, 0.4) is 0 Å². The van der Waals surface area contributed by atoms with Crippen LogP contribution in [0.5, 0.6) is 0 Å². The number of nitrogens with zero attached hydrogens (tertiary/aromatic N) is 2. The molecule has 7 heteroatoms. The van der Waals surface area contributed by atoms with Gasteiger partial charge < -0.3 is 5.73 Å². The summed E-state index contributed by atoms with van der Waals surface area (Å²) in [6.45, 7) is 4.56. The fraction of sp³-hybridized carbons (Fsp3) is 0.545. The molecule has 0 aliphatic rings. The zero-order valence-electron chi connectivity index (χ0n) is 10.7. The van der Waals surface area contributed by atoms with E-state index in [1.165, 1.54) is 29.8 Å². The predicted octanol–water partition coefficient (Wildman–Crippen LogP) is 1.34. The van der Waals surface area contributed by atoms with Crippen molar-refractivity contribution in [2.45, 2.75) is 18.7 Å². The largest absolute Gasteiger partial charge is 0.330 e. The van der Waals surface area contributed by atoms with E-state index < -0.39 is 10.0 Å². The van der Waals surface area contributed by atoms with Gasteiger partial charge in [-0.15, -0.1) is 0 Å². The summed E-state index contributed by atoms with van der Waals surface area (Å²) in [6, 6.07) is 1.38. The van der Waals surface area contributed by atoms with Gasteiger partial charge in [-0.3, -0.25) is 4.98 Å². The lowest BCUT2D eigenvalue weighted by Crippen LogP contribution is -2.39. The maximum absolute atomic E-state index is 12.3. The van der Waals surface area contributed by atoms with Gasteiger partial charge in [-0.2, -0.15) is 0 Å². The quantitative estimate of drug-likeness (QED) is 0.888. The molecule has 5 nitrogen and oxygen atoms in total. The zero-order chi connectivity index (χ0) is 14.0. The topological polar surface area (TPSA) is 76.3 Å². The molecule has 0 radical (unpaired) electrons. The Morgan fingerprint density at radius 3 is 2.56 bits per heavy atom. The van der Waals surface area contributed by atoms with Gasteiger partial charge in [0.2, 0.25) is 10.0 Å². The molecule has 0 atom stereocenters. The van der Waals surface area contributed by atoms with Crippen LogP contribution in [0.4, 0.5) is 0 Å². The van der Waals surface area contributed by atoms with Gasteiger partial charge in [0.05, 0.1) is 5.02 Å². The summed E-state index contributed by atoms with van der Waals surface area (Å²) < 4.78 is 25.8. The normalized spacial score (nSPS) is 13.0. The van der Waals surface area contributed by atoms with Crippen molar-refractivity contribution in [3.63, 3.8) is 0 Å². The molecule has 0 aliphatic heterocycles. The Morgan fingerprint density at radius 1 is 1.44 bits per heavy atom. The standard InChI is InChI=1S/C11H18ClN3O2S/c1-11(2,7-13)8-15(3)18(16,17)10-4-9(12)5-14-6-10/h4-6H,7-8,13H2,1-3H3. The van der Waals surface area contributed by atoms with E-state index in [2.05, 4.69) is 4.98 Å². The molecule has 2 N–H and O–H groups in total. The fourth-order valence-corrected chi connectivity index (χ4v) is 3.05. The summed E-state index contributed by atoms with van der Waals surface area (Å²) in [5, 5.41) is 0.294. The van der Waals surface area contributed by atoms with Crippen molar-refractivity contribution in [3.05, 3.63) is 23.5 Å². The molecule has 0 amide bonds. The first kappa shape index (κ1) is 15.4. The van der Waals surface area contributed by atoms with Crippen molar-refractivity contribution >= 4 is 21.6 Å². The Kier molecular flexibility index (Phi) is 4.72. The van der Waals surface area contributed by atoms with Crippen LogP contribution in [-0.2, 0) is 10.0 Å². The van der Waals surface area contributed by atoms with Gasteiger partial charge in [-0.05, 0) is 18.0 Å². The molecule has 0 saturated heterocycles. The molecule has 18 heavy (non-hydrogen) atoms. The lowest BCUT2D eigenvalue weighted by Gasteiger charge is -2.28. The second-order valence-corrected chi connectivity index (χ2v) is 7.45. The van der Waals surface area contributed by atoms with E-state index >= 15 is 0 Å². The van der Waals surface area contributed by atoms with E-state index in [9.17, 15) is 8.42 Å². The van der Waals surface area contributed by atoms with Crippen LogP contribution in [0.1, 0.15) is 13.8 Å². The molecule has 0 bridgehead atoms. The Bertz CT molecular complexity index is 517. The highest BCUT2D eigenvalue weighted by atomic mass is 35.5. The van der Waals surface area contributed by atoms with Gasteiger partial charge in [0.15, 0.2) is 0 Å². The average Bonchev–Trinajstić information content (AvgIpc) is 2.28. The molecule has 0 saturated carbocycles. The Labute approximate surface area is 113 Å². The third kappa shape index (κ3) is 3.65. The molecular weight excluding hydrogens is 274 g/mol. The Hall–Kier alpha value is -0.690. The Balaban J connectivity index is 3.01. The molecule has 0 aliphatic carbocycles. The first-order valence-corrected chi connectivity index (χ1v) is 7.28. The first-order chi connectivity index (χ1) is 8.19. The number of rotatable bonds is 5. The van der Waals surface area contributed by atoms with Crippen LogP contribution in [0.2, 0.25) is 5.02 Å². The maximum Gasteiger partial charge on any atom is 0.244 e. The molecule has 0 fully saturated rings. The number of halogens is 1. The van der Waals surface area contributed by atoms with Crippen molar-refractivity contribution in [1.82, 2.24) is 9.29 Å². The molecular formula is C11H18ClN3O2S. The number of hydrogen-bond donors (Lipinski definition) is 1. The second kappa shape index (κ2) is 5.52. The van der Waals surface area contributed by atoms with E-state index in [0.29, 0.717) is 18.1 Å². The Morgan fingerprint density at radius 2 is 2.06 bits per heavy atom. The van der Waals surface area contributed by atoms with E-state index in [1.807, 2.05) is 13.8 Å². The lowest BCUT2D eigenvalue weighted by atomic mass is 9.94. The molecule has 1 rings (SSSR count). The third-order valence-electron chi connectivity index (χ3n) is 2.59. The second-order valence-electron chi connectivity index (χ2n) is 4.97. The number of nitrogens with two attached hydrogens (primary N) is 1. The minimum Gasteiger partial charge on any atom is -0.330 e. The molecule has 0 unspecified atom stereocenters. The van der Waals surface area contributed by atoms with Gasteiger partial charge in [0, 0.05) is 26.0 Å². The van der Waals surface area contributed by atoms with Crippen LogP contribution in [-0.4, -0.2) is 37.8 Å². The summed E-state index contributed by atoms with van der Waals surface area (Å²) in [7, 11) is -2.05. The maximum atomic E-state index is 12.3. The summed E-state index contributed by atoms with van der Waals surface area (Å²) >= 11 is 5.75. The van der Waals surface area contributed by atoms with Crippen LogP contribution < -0.4 is 5.73 Å². The highest BCUT2D eigenvalue weighted by molar-refractivity contribution is 7.89. The van der Waals surface area contributed by atoms with Crippen molar-refractivity contribution < 1.29 is 8.42 Å². The molecule has 1 heterocycles. The van der Waals surface area contributed by atoms with Gasteiger partial charge in [-0.25, -0.2) is 12.7 Å². The minimum atomic E-state index is -3.57. The number of aromatic nitrogens is 1. The first-order valence-electron chi connectivity index (χ1n) is 5.46. The van der Waals surface area contributed by atoms with Crippen LogP contribution in [0.25, 0.3) is 0 Å². The molecule has 0 aromatic carbocycles. The fourth-order valence-electron chi connectivity index (χ4n) is 1.47. The summed E-state index contributed by atoms with van der Waals surface area (Å²) in [5.74, 6) is 0. The van der Waals surface area contributed by atoms with Gasteiger partial charge in [-0.1, -0.05) is 25.4 Å². The molecule has 1 aromatic heterocycles. The molecule has 102 valence electrons. The van der Waals surface area contributed by atoms with Crippen molar-refractivity contribution in [1.29, 1.82) is 0 Å². The van der Waals surface area contributed by atoms with Crippen molar-refractivity contribution in [2.24, 2.45) is 11.1 Å². The molecule has 1 aromatic rings. The number of hydrogen-bond acceptors (Lipinski definition) is 4. The zero-order valence-corrected chi connectivity index (χ0v) is 12.3. The van der Waals surface area contributed by atoms with E-state index in [-0.39, 0.29) is 10.3 Å². The average molecular weight is 292 g/mol. The summed E-state index contributed by atoms with van der Waals surface area (Å²) in [4.78, 5) is 3.88. The predicted molar refractivity (Wildman–Crippen MR) is 71.9 cm³/mol. The lowest BCUT2D eigenvalue weighted by molar-refractivity contribution is 0.292. The highest BCUT2D eigenvalue weighted by Gasteiger charge is 2.27. The van der Waals surface area contributed by atoms with Crippen LogP contribution >= 0.6 is 11.6 Å². The SMILES string of the molecule is CN(CC(C)(C)CN)S(=O)(=O)c1cncc(Cl)c1. The molecule has 0 spiro atoms.